The third-order valence-electron chi connectivity index (χ3n) is 3.18. The van der Waals surface area contributed by atoms with E-state index in [0.717, 1.165) is 21.5 Å². The van der Waals surface area contributed by atoms with Crippen LogP contribution in [0.15, 0.2) is 47.2 Å². The Bertz CT molecular complexity index is 939. The molecule has 3 heterocycles. The molecular formula is C15H10N4OS2. The van der Waals surface area contributed by atoms with Crippen molar-refractivity contribution in [2.45, 2.75) is 0 Å². The maximum Gasteiger partial charge on any atom is 0.278 e. The van der Waals surface area contributed by atoms with Crippen molar-refractivity contribution < 1.29 is 4.79 Å². The third kappa shape index (κ3) is 2.30. The minimum absolute atomic E-state index is 0.260. The van der Waals surface area contributed by atoms with Crippen LogP contribution in [-0.2, 0) is 0 Å². The van der Waals surface area contributed by atoms with Gasteiger partial charge in [0.2, 0.25) is 0 Å². The zero-order valence-electron chi connectivity index (χ0n) is 11.2. The Balaban J connectivity index is 1.60. The highest BCUT2D eigenvalue weighted by atomic mass is 32.1. The molecule has 4 rings (SSSR count). The molecule has 22 heavy (non-hydrogen) atoms. The Labute approximate surface area is 133 Å². The van der Waals surface area contributed by atoms with Crippen LogP contribution >= 0.6 is 22.7 Å². The molecule has 1 amide bonds. The lowest BCUT2D eigenvalue weighted by Crippen LogP contribution is -2.12. The number of thiazole rings is 1. The number of aromatic amines is 1. The summed E-state index contributed by atoms with van der Waals surface area (Å²) in [5.41, 5.74) is 2.09. The average molecular weight is 326 g/mol. The molecule has 0 saturated carbocycles. The van der Waals surface area contributed by atoms with Crippen LogP contribution in [0.1, 0.15) is 10.5 Å². The van der Waals surface area contributed by atoms with Crippen LogP contribution in [0.3, 0.4) is 0 Å². The second-order valence-electron chi connectivity index (χ2n) is 4.59. The van der Waals surface area contributed by atoms with Gasteiger partial charge in [0, 0.05) is 10.8 Å². The average Bonchev–Trinajstić information content (AvgIpc) is 3.27. The van der Waals surface area contributed by atoms with Crippen molar-refractivity contribution >= 4 is 44.6 Å². The number of anilines is 1. The van der Waals surface area contributed by atoms with Gasteiger partial charge in [-0.05, 0) is 17.5 Å². The van der Waals surface area contributed by atoms with E-state index in [4.69, 9.17) is 0 Å². The van der Waals surface area contributed by atoms with Crippen molar-refractivity contribution in [3.63, 3.8) is 0 Å². The molecule has 7 heteroatoms. The number of para-hydroxylation sites is 1. The van der Waals surface area contributed by atoms with E-state index >= 15 is 0 Å². The molecule has 0 aliphatic heterocycles. The second-order valence-corrected chi connectivity index (χ2v) is 6.39. The zero-order chi connectivity index (χ0) is 14.9. The van der Waals surface area contributed by atoms with Gasteiger partial charge >= 0.3 is 0 Å². The summed E-state index contributed by atoms with van der Waals surface area (Å²) in [6.07, 6.45) is 0. The van der Waals surface area contributed by atoms with E-state index in [9.17, 15) is 4.79 Å². The lowest BCUT2D eigenvalue weighted by molar-refractivity contribution is 0.102. The number of benzene rings is 1. The van der Waals surface area contributed by atoms with Crippen LogP contribution in [0.4, 0.5) is 5.13 Å². The highest BCUT2D eigenvalue weighted by Gasteiger charge is 2.15. The molecule has 0 aliphatic rings. The summed E-state index contributed by atoms with van der Waals surface area (Å²) in [6, 6.07) is 11.5. The standard InChI is InChI=1S/C15H10N4OS2/c20-14(13-9-4-1-2-5-10(9)18-19-13)17-15-16-11(8-22-15)12-6-3-7-21-12/h1-8H,(H,18,19)(H,16,17,20). The minimum Gasteiger partial charge on any atom is -0.296 e. The van der Waals surface area contributed by atoms with Gasteiger partial charge in [-0.25, -0.2) is 4.98 Å². The Morgan fingerprint density at radius 1 is 1.14 bits per heavy atom. The number of aromatic nitrogens is 3. The highest BCUT2D eigenvalue weighted by molar-refractivity contribution is 7.16. The smallest absolute Gasteiger partial charge is 0.278 e. The Morgan fingerprint density at radius 3 is 2.91 bits per heavy atom. The summed E-state index contributed by atoms with van der Waals surface area (Å²) in [5, 5.41) is 15.1. The molecule has 0 radical (unpaired) electrons. The number of H-pyrrole nitrogens is 1. The first kappa shape index (κ1) is 13.2. The summed E-state index contributed by atoms with van der Waals surface area (Å²) in [5.74, 6) is -0.260. The van der Waals surface area contributed by atoms with Gasteiger partial charge in [-0.2, -0.15) is 5.10 Å². The van der Waals surface area contributed by atoms with Crippen LogP contribution in [0.25, 0.3) is 21.5 Å². The number of amides is 1. The quantitative estimate of drug-likeness (QED) is 0.598. The van der Waals surface area contributed by atoms with Crippen molar-refractivity contribution in [1.29, 1.82) is 0 Å². The van der Waals surface area contributed by atoms with Gasteiger partial charge in [-0.1, -0.05) is 24.3 Å². The Hall–Kier alpha value is -2.51. The normalized spacial score (nSPS) is 10.9. The molecule has 4 aromatic rings. The molecule has 0 bridgehead atoms. The van der Waals surface area contributed by atoms with Gasteiger partial charge in [0.05, 0.1) is 16.1 Å². The van der Waals surface area contributed by atoms with Gasteiger partial charge < -0.3 is 0 Å². The monoisotopic (exact) mass is 326 g/mol. The van der Waals surface area contributed by atoms with Crippen molar-refractivity contribution in [3.05, 3.63) is 52.9 Å². The molecule has 0 unspecified atom stereocenters. The number of thiophene rings is 1. The fourth-order valence-electron chi connectivity index (χ4n) is 2.16. The predicted octanol–water partition coefficient (Wildman–Crippen LogP) is 4.00. The Kier molecular flexibility index (Phi) is 3.21. The molecule has 0 spiro atoms. The molecule has 108 valence electrons. The largest absolute Gasteiger partial charge is 0.296 e. The molecule has 0 fully saturated rings. The first-order valence-electron chi connectivity index (χ1n) is 6.55. The fraction of sp³-hybridized carbons (Fsp3) is 0. The number of nitrogens with one attached hydrogen (secondary N) is 2. The SMILES string of the molecule is O=C(Nc1nc(-c2cccs2)cs1)c1n[nH]c2ccccc12. The maximum absolute atomic E-state index is 12.4. The van der Waals surface area contributed by atoms with Crippen LogP contribution in [0.2, 0.25) is 0 Å². The van der Waals surface area contributed by atoms with Gasteiger partial charge in [0.25, 0.3) is 5.91 Å². The number of rotatable bonds is 3. The van der Waals surface area contributed by atoms with Gasteiger partial charge in [-0.3, -0.25) is 15.2 Å². The van der Waals surface area contributed by atoms with Crippen molar-refractivity contribution in [3.8, 4) is 10.6 Å². The molecule has 0 aliphatic carbocycles. The highest BCUT2D eigenvalue weighted by Crippen LogP contribution is 2.28. The van der Waals surface area contributed by atoms with Gasteiger partial charge in [0.1, 0.15) is 0 Å². The number of fused-ring (bicyclic) bond motifs is 1. The van der Waals surface area contributed by atoms with E-state index in [-0.39, 0.29) is 5.91 Å². The predicted molar refractivity (Wildman–Crippen MR) is 89.5 cm³/mol. The number of hydrogen-bond donors (Lipinski definition) is 2. The fourth-order valence-corrected chi connectivity index (χ4v) is 3.63. The summed E-state index contributed by atoms with van der Waals surface area (Å²) in [7, 11) is 0. The zero-order valence-corrected chi connectivity index (χ0v) is 12.9. The number of carbonyl (C=O) groups excluding carboxylic acids is 1. The maximum atomic E-state index is 12.4. The Morgan fingerprint density at radius 2 is 2.05 bits per heavy atom. The van der Waals surface area contributed by atoms with Gasteiger partial charge in [0.15, 0.2) is 10.8 Å². The molecule has 5 nitrogen and oxygen atoms in total. The molecular weight excluding hydrogens is 316 g/mol. The lowest BCUT2D eigenvalue weighted by Gasteiger charge is -1.98. The van der Waals surface area contributed by atoms with Crippen molar-refractivity contribution in [1.82, 2.24) is 15.2 Å². The molecule has 2 N–H and O–H groups in total. The molecule has 0 saturated heterocycles. The van der Waals surface area contributed by atoms with Gasteiger partial charge in [-0.15, -0.1) is 22.7 Å². The topological polar surface area (TPSA) is 70.7 Å². The summed E-state index contributed by atoms with van der Waals surface area (Å²) in [4.78, 5) is 17.9. The van der Waals surface area contributed by atoms with Crippen LogP contribution in [-0.4, -0.2) is 21.1 Å². The summed E-state index contributed by atoms with van der Waals surface area (Å²) < 4.78 is 0. The first-order chi connectivity index (χ1) is 10.8. The van der Waals surface area contributed by atoms with E-state index < -0.39 is 0 Å². The molecule has 1 aromatic carbocycles. The summed E-state index contributed by atoms with van der Waals surface area (Å²) >= 11 is 3.03. The summed E-state index contributed by atoms with van der Waals surface area (Å²) in [6.45, 7) is 0. The lowest BCUT2D eigenvalue weighted by atomic mass is 10.2. The first-order valence-corrected chi connectivity index (χ1v) is 8.31. The number of hydrogen-bond acceptors (Lipinski definition) is 5. The number of nitrogens with zero attached hydrogens (tertiary/aromatic N) is 2. The minimum atomic E-state index is -0.260. The van der Waals surface area contributed by atoms with Crippen LogP contribution < -0.4 is 5.32 Å². The molecule has 3 aromatic heterocycles. The van der Waals surface area contributed by atoms with E-state index in [0.29, 0.717) is 10.8 Å². The van der Waals surface area contributed by atoms with E-state index in [2.05, 4.69) is 20.5 Å². The van der Waals surface area contributed by atoms with Crippen LogP contribution in [0.5, 0.6) is 0 Å². The number of carbonyl (C=O) groups is 1. The van der Waals surface area contributed by atoms with Crippen LogP contribution in [0, 0.1) is 0 Å². The van der Waals surface area contributed by atoms with Crippen molar-refractivity contribution in [2.24, 2.45) is 0 Å². The van der Waals surface area contributed by atoms with E-state index in [1.807, 2.05) is 47.2 Å². The van der Waals surface area contributed by atoms with E-state index in [1.54, 1.807) is 11.3 Å². The second kappa shape index (κ2) is 5.36. The molecule has 0 atom stereocenters. The van der Waals surface area contributed by atoms with E-state index in [1.165, 1.54) is 11.3 Å². The van der Waals surface area contributed by atoms with Crippen molar-refractivity contribution in [2.75, 3.05) is 5.32 Å². The third-order valence-corrected chi connectivity index (χ3v) is 4.83.